The van der Waals surface area contributed by atoms with Crippen molar-refractivity contribution in [2.45, 2.75) is 35.1 Å². The zero-order chi connectivity index (χ0) is 19.8. The molecule has 28 heavy (non-hydrogen) atoms. The first kappa shape index (κ1) is 21.1. The molecular formula is C22H25FN4O. The standard InChI is InChI=1S/C21H21FN4O.CH4/c1-13(21(2,3)4)19(27)25-20-24-17-11-8-15(23-5)12-18(17)26(20)16-9-6-14(22)7-10-16;/h6-13H,1-4H3,(H,24,25,27);1H4/t13-;/m1./s1. The van der Waals surface area contributed by atoms with Crippen molar-refractivity contribution < 1.29 is 9.18 Å². The van der Waals surface area contributed by atoms with E-state index in [-0.39, 0.29) is 30.5 Å². The van der Waals surface area contributed by atoms with Gasteiger partial charge in [0, 0.05) is 11.6 Å². The molecule has 0 bridgehead atoms. The highest BCUT2D eigenvalue weighted by molar-refractivity contribution is 5.94. The van der Waals surface area contributed by atoms with Crippen LogP contribution in [0.25, 0.3) is 21.6 Å². The van der Waals surface area contributed by atoms with Gasteiger partial charge in [-0.1, -0.05) is 41.2 Å². The quantitative estimate of drug-likeness (QED) is 0.569. The van der Waals surface area contributed by atoms with E-state index in [9.17, 15) is 9.18 Å². The highest BCUT2D eigenvalue weighted by atomic mass is 19.1. The number of aromatic nitrogens is 2. The van der Waals surface area contributed by atoms with Crippen LogP contribution in [0.5, 0.6) is 0 Å². The molecule has 0 aliphatic carbocycles. The summed E-state index contributed by atoms with van der Waals surface area (Å²) in [5.41, 5.74) is 2.24. The first-order chi connectivity index (χ1) is 12.7. The Bertz CT molecular complexity index is 1040. The summed E-state index contributed by atoms with van der Waals surface area (Å²) in [7, 11) is 0. The van der Waals surface area contributed by atoms with E-state index in [0.717, 1.165) is 0 Å². The Morgan fingerprint density at radius 2 is 1.86 bits per heavy atom. The SMILES string of the molecule is C.[C-]#[N+]c1ccc2nc(NC(=O)[C@@H](C)C(C)(C)C)n(-c3ccc(F)cc3)c2c1. The number of hydrogen-bond donors (Lipinski definition) is 1. The molecule has 1 amide bonds. The number of imidazole rings is 1. The number of hydrogen-bond acceptors (Lipinski definition) is 2. The molecule has 0 saturated carbocycles. The third kappa shape index (κ3) is 4.04. The molecule has 0 unspecified atom stereocenters. The molecule has 1 N–H and O–H groups in total. The number of nitrogens with zero attached hydrogens (tertiary/aromatic N) is 3. The maximum atomic E-state index is 13.4. The number of anilines is 1. The van der Waals surface area contributed by atoms with E-state index in [1.54, 1.807) is 34.9 Å². The van der Waals surface area contributed by atoms with Crippen molar-refractivity contribution in [3.05, 3.63) is 59.7 Å². The zero-order valence-electron chi connectivity index (χ0n) is 15.7. The van der Waals surface area contributed by atoms with Crippen molar-refractivity contribution in [1.29, 1.82) is 0 Å². The van der Waals surface area contributed by atoms with E-state index < -0.39 is 0 Å². The Labute approximate surface area is 165 Å². The molecule has 1 aromatic heterocycles. The summed E-state index contributed by atoms with van der Waals surface area (Å²) in [4.78, 5) is 20.7. The molecule has 0 radical (unpaired) electrons. The molecule has 0 aliphatic heterocycles. The minimum atomic E-state index is -0.350. The summed E-state index contributed by atoms with van der Waals surface area (Å²) in [6, 6.07) is 11.1. The lowest BCUT2D eigenvalue weighted by atomic mass is 9.81. The van der Waals surface area contributed by atoms with Crippen LogP contribution in [0, 0.1) is 23.7 Å². The van der Waals surface area contributed by atoms with E-state index >= 15 is 0 Å². The summed E-state index contributed by atoms with van der Waals surface area (Å²) < 4.78 is 15.1. The van der Waals surface area contributed by atoms with Gasteiger partial charge in [-0.3, -0.25) is 14.7 Å². The molecular weight excluding hydrogens is 355 g/mol. The molecule has 0 spiro atoms. The van der Waals surface area contributed by atoms with Gasteiger partial charge in [-0.15, -0.1) is 0 Å². The molecule has 0 aliphatic rings. The van der Waals surface area contributed by atoms with E-state index in [1.165, 1.54) is 12.1 Å². The third-order valence-electron chi connectivity index (χ3n) is 4.78. The van der Waals surface area contributed by atoms with Gasteiger partial charge in [-0.2, -0.15) is 0 Å². The van der Waals surface area contributed by atoms with Crippen LogP contribution in [0.3, 0.4) is 0 Å². The lowest BCUT2D eigenvalue weighted by molar-refractivity contribution is -0.122. The Hall–Kier alpha value is -3.20. The van der Waals surface area contributed by atoms with E-state index in [1.807, 2.05) is 27.7 Å². The van der Waals surface area contributed by atoms with Gasteiger partial charge in [0.25, 0.3) is 0 Å². The lowest BCUT2D eigenvalue weighted by Gasteiger charge is -2.26. The minimum absolute atomic E-state index is 0. The van der Waals surface area contributed by atoms with Crippen LogP contribution in [0.1, 0.15) is 35.1 Å². The number of amides is 1. The van der Waals surface area contributed by atoms with Crippen molar-refractivity contribution in [3.63, 3.8) is 0 Å². The highest BCUT2D eigenvalue weighted by Crippen LogP contribution is 2.30. The van der Waals surface area contributed by atoms with Crippen LogP contribution in [-0.2, 0) is 4.79 Å². The van der Waals surface area contributed by atoms with Crippen LogP contribution >= 0.6 is 0 Å². The number of rotatable bonds is 3. The summed E-state index contributed by atoms with van der Waals surface area (Å²) in [5, 5.41) is 2.90. The number of benzene rings is 2. The molecule has 2 aromatic carbocycles. The van der Waals surface area contributed by atoms with Crippen molar-refractivity contribution in [2.75, 3.05) is 5.32 Å². The molecule has 3 rings (SSSR count). The number of halogens is 1. The molecule has 3 aromatic rings. The minimum Gasteiger partial charge on any atom is -0.295 e. The highest BCUT2D eigenvalue weighted by Gasteiger charge is 2.28. The van der Waals surface area contributed by atoms with Crippen LogP contribution in [0.4, 0.5) is 16.0 Å². The maximum absolute atomic E-state index is 13.4. The van der Waals surface area contributed by atoms with Crippen LogP contribution < -0.4 is 5.32 Å². The number of carbonyl (C=O) groups is 1. The van der Waals surface area contributed by atoms with Crippen LogP contribution in [-0.4, -0.2) is 15.5 Å². The molecule has 0 saturated heterocycles. The molecule has 1 heterocycles. The third-order valence-corrected chi connectivity index (χ3v) is 4.78. The lowest BCUT2D eigenvalue weighted by Crippen LogP contribution is -2.31. The monoisotopic (exact) mass is 380 g/mol. The largest absolute Gasteiger partial charge is 0.295 e. The Morgan fingerprint density at radius 3 is 2.43 bits per heavy atom. The van der Waals surface area contributed by atoms with E-state index in [0.29, 0.717) is 28.4 Å². The average molecular weight is 380 g/mol. The first-order valence-electron chi connectivity index (χ1n) is 8.67. The van der Waals surface area contributed by atoms with Gasteiger partial charge < -0.3 is 0 Å². The second kappa shape index (κ2) is 7.81. The second-order valence-electron chi connectivity index (χ2n) is 7.61. The van der Waals surface area contributed by atoms with E-state index in [4.69, 9.17) is 6.57 Å². The number of carbonyl (C=O) groups excluding carboxylic acids is 1. The molecule has 6 heteroatoms. The first-order valence-corrected chi connectivity index (χ1v) is 8.67. The summed E-state index contributed by atoms with van der Waals surface area (Å²) >= 11 is 0. The van der Waals surface area contributed by atoms with Gasteiger partial charge in [-0.05, 0) is 41.8 Å². The van der Waals surface area contributed by atoms with Crippen LogP contribution in [0.15, 0.2) is 42.5 Å². The van der Waals surface area contributed by atoms with Crippen molar-refractivity contribution >= 4 is 28.6 Å². The van der Waals surface area contributed by atoms with Crippen molar-refractivity contribution in [3.8, 4) is 5.69 Å². The number of nitrogens with one attached hydrogen (secondary N) is 1. The maximum Gasteiger partial charge on any atom is 0.230 e. The topological polar surface area (TPSA) is 51.3 Å². The molecule has 1 atom stereocenters. The number of fused-ring (bicyclic) bond motifs is 1. The van der Waals surface area contributed by atoms with Gasteiger partial charge in [0.15, 0.2) is 5.69 Å². The van der Waals surface area contributed by atoms with Crippen molar-refractivity contribution in [2.24, 2.45) is 11.3 Å². The fourth-order valence-corrected chi connectivity index (χ4v) is 2.68. The predicted molar refractivity (Wildman–Crippen MR) is 111 cm³/mol. The predicted octanol–water partition coefficient (Wildman–Crippen LogP) is 5.97. The normalized spacial score (nSPS) is 12.1. The second-order valence-corrected chi connectivity index (χ2v) is 7.61. The van der Waals surface area contributed by atoms with E-state index in [2.05, 4.69) is 15.1 Å². The smallest absolute Gasteiger partial charge is 0.230 e. The fraction of sp³-hybridized carbons (Fsp3) is 0.318. The van der Waals surface area contributed by atoms with Gasteiger partial charge in [-0.25, -0.2) is 14.2 Å². The average Bonchev–Trinajstić information content (AvgIpc) is 2.97. The van der Waals surface area contributed by atoms with Gasteiger partial charge in [0.05, 0.1) is 17.6 Å². The fourth-order valence-electron chi connectivity index (χ4n) is 2.68. The molecule has 146 valence electrons. The summed E-state index contributed by atoms with van der Waals surface area (Å²) in [5.74, 6) is -0.388. The zero-order valence-corrected chi connectivity index (χ0v) is 15.7. The van der Waals surface area contributed by atoms with Gasteiger partial charge in [0.2, 0.25) is 11.9 Å². The van der Waals surface area contributed by atoms with Crippen LogP contribution in [0.2, 0.25) is 0 Å². The summed E-state index contributed by atoms with van der Waals surface area (Å²) in [6.07, 6.45) is 0. The molecule has 5 nitrogen and oxygen atoms in total. The van der Waals surface area contributed by atoms with Gasteiger partial charge >= 0.3 is 0 Å². The van der Waals surface area contributed by atoms with Gasteiger partial charge in [0.1, 0.15) is 5.82 Å². The Morgan fingerprint density at radius 1 is 1.21 bits per heavy atom. The summed E-state index contributed by atoms with van der Waals surface area (Å²) in [6.45, 7) is 15.1. The Kier molecular flexibility index (Phi) is 5.89. The van der Waals surface area contributed by atoms with Crippen molar-refractivity contribution in [1.82, 2.24) is 9.55 Å². The molecule has 0 fully saturated rings. The Balaban J connectivity index is 0.00000280.